The third-order valence-electron chi connectivity index (χ3n) is 4.99. The van der Waals surface area contributed by atoms with E-state index in [9.17, 15) is 4.79 Å². The number of amides is 1. The first kappa shape index (κ1) is 22.0. The van der Waals surface area contributed by atoms with E-state index in [4.69, 9.17) is 16.6 Å². The zero-order chi connectivity index (χ0) is 22.5. The van der Waals surface area contributed by atoms with Gasteiger partial charge in [0.05, 0.1) is 18.7 Å². The average molecular weight is 512 g/mol. The van der Waals surface area contributed by atoms with E-state index in [2.05, 4.69) is 48.1 Å². The Balaban J connectivity index is 1.66. The molecule has 1 amide bonds. The van der Waals surface area contributed by atoms with Gasteiger partial charge in [-0.2, -0.15) is 0 Å². The first-order chi connectivity index (χ1) is 15.5. The van der Waals surface area contributed by atoms with Gasteiger partial charge in [0.1, 0.15) is 16.7 Å². The Morgan fingerprint density at radius 1 is 1.12 bits per heavy atom. The second-order valence-corrected chi connectivity index (χ2v) is 8.42. The lowest BCUT2D eigenvalue weighted by Crippen LogP contribution is -2.10. The highest BCUT2D eigenvalue weighted by atomic mass is 79.9. The van der Waals surface area contributed by atoms with Gasteiger partial charge in [-0.1, -0.05) is 54.1 Å². The summed E-state index contributed by atoms with van der Waals surface area (Å²) in [4.78, 5) is 24.1. The predicted molar refractivity (Wildman–Crippen MR) is 129 cm³/mol. The lowest BCUT2D eigenvalue weighted by Gasteiger charge is -2.14. The van der Waals surface area contributed by atoms with Crippen LogP contribution in [-0.2, 0) is 11.2 Å². The van der Waals surface area contributed by atoms with Crippen LogP contribution in [0.15, 0.2) is 77.4 Å². The Morgan fingerprint density at radius 3 is 2.53 bits per heavy atom. The van der Waals surface area contributed by atoms with Crippen LogP contribution >= 0.6 is 27.5 Å². The molecule has 32 heavy (non-hydrogen) atoms. The zero-order valence-electron chi connectivity index (χ0n) is 17.2. The van der Waals surface area contributed by atoms with Gasteiger partial charge in [-0.25, -0.2) is 9.78 Å². The zero-order valence-corrected chi connectivity index (χ0v) is 19.5. The highest BCUT2D eigenvalue weighted by molar-refractivity contribution is 9.10. The summed E-state index contributed by atoms with van der Waals surface area (Å²) < 4.78 is 5.53. The molecule has 0 aliphatic heterocycles. The van der Waals surface area contributed by atoms with Gasteiger partial charge >= 0.3 is 6.09 Å². The fraction of sp³-hybridized carbons (Fsp3) is 0.125. The number of nitrogens with zero attached hydrogens (tertiary/aromatic N) is 2. The number of aromatic amines is 1. The standard InChI is InChI=1S/C24H20BrClN4O2/c1-32-24(31)28-18-10-7-16(8-11-18)21-22(26)30-23(29-21)19(13-15-5-3-2-4-6-15)20-12-9-17(25)14-27-20/h2-12,14,19H,13H2,1H3,(H,28,31)(H,29,30). The maximum Gasteiger partial charge on any atom is 0.411 e. The summed E-state index contributed by atoms with van der Waals surface area (Å²) in [6, 6.07) is 21.4. The number of halogens is 2. The molecule has 4 rings (SSSR count). The number of anilines is 1. The Hall–Kier alpha value is -3.16. The first-order valence-corrected chi connectivity index (χ1v) is 11.1. The number of nitrogens with one attached hydrogen (secondary N) is 2. The van der Waals surface area contributed by atoms with Crippen molar-refractivity contribution in [1.82, 2.24) is 15.0 Å². The van der Waals surface area contributed by atoms with E-state index in [0.717, 1.165) is 28.0 Å². The minimum absolute atomic E-state index is 0.1000. The molecular formula is C24H20BrClN4O2. The summed E-state index contributed by atoms with van der Waals surface area (Å²) in [6.07, 6.45) is 1.98. The molecule has 2 aromatic carbocycles. The van der Waals surface area contributed by atoms with Gasteiger partial charge in [-0.05, 0) is 52.2 Å². The van der Waals surface area contributed by atoms with Crippen LogP contribution in [0.1, 0.15) is 23.0 Å². The van der Waals surface area contributed by atoms with Crippen LogP contribution in [0, 0.1) is 0 Å². The molecule has 1 atom stereocenters. The predicted octanol–water partition coefficient (Wildman–Crippen LogP) is 6.44. The summed E-state index contributed by atoms with van der Waals surface area (Å²) in [7, 11) is 1.32. The SMILES string of the molecule is COC(=O)Nc1ccc(-c2nc(C(Cc3ccccc3)c3ccc(Br)cn3)[nH]c2Cl)cc1. The number of imidazole rings is 1. The number of ether oxygens (including phenoxy) is 1. The van der Waals surface area contributed by atoms with E-state index >= 15 is 0 Å². The molecule has 0 saturated heterocycles. The monoisotopic (exact) mass is 510 g/mol. The molecule has 2 aromatic heterocycles. The number of aromatic nitrogens is 3. The van der Waals surface area contributed by atoms with E-state index in [1.54, 1.807) is 18.3 Å². The molecule has 0 saturated carbocycles. The average Bonchev–Trinajstić information content (AvgIpc) is 3.20. The molecule has 0 aliphatic rings. The molecule has 162 valence electrons. The van der Waals surface area contributed by atoms with Gasteiger partial charge in [-0.15, -0.1) is 0 Å². The van der Waals surface area contributed by atoms with Gasteiger partial charge in [0, 0.05) is 21.9 Å². The quantitative estimate of drug-likeness (QED) is 0.312. The maximum absolute atomic E-state index is 11.4. The Kier molecular flexibility index (Phi) is 6.87. The van der Waals surface area contributed by atoms with Gasteiger partial charge in [-0.3, -0.25) is 10.3 Å². The summed E-state index contributed by atoms with van der Waals surface area (Å²) in [5.74, 6) is 0.637. The van der Waals surface area contributed by atoms with E-state index in [1.807, 2.05) is 42.5 Å². The fourth-order valence-electron chi connectivity index (χ4n) is 3.39. The van der Waals surface area contributed by atoms with Crippen molar-refractivity contribution in [2.45, 2.75) is 12.3 Å². The third kappa shape index (κ3) is 5.18. The van der Waals surface area contributed by atoms with Crippen molar-refractivity contribution in [2.24, 2.45) is 0 Å². The molecule has 0 spiro atoms. The Morgan fingerprint density at radius 2 is 1.88 bits per heavy atom. The number of benzene rings is 2. The highest BCUT2D eigenvalue weighted by Crippen LogP contribution is 2.32. The second-order valence-electron chi connectivity index (χ2n) is 7.12. The van der Waals surface area contributed by atoms with Crippen molar-refractivity contribution < 1.29 is 9.53 Å². The van der Waals surface area contributed by atoms with E-state index in [-0.39, 0.29) is 5.92 Å². The van der Waals surface area contributed by atoms with Crippen molar-refractivity contribution in [1.29, 1.82) is 0 Å². The summed E-state index contributed by atoms with van der Waals surface area (Å²) in [5, 5.41) is 3.08. The minimum Gasteiger partial charge on any atom is -0.453 e. The van der Waals surface area contributed by atoms with Gasteiger partial charge < -0.3 is 9.72 Å². The number of carbonyl (C=O) groups excluding carboxylic acids is 1. The van der Waals surface area contributed by atoms with Crippen LogP contribution in [0.25, 0.3) is 11.3 Å². The summed E-state index contributed by atoms with van der Waals surface area (Å²) in [5.41, 5.74) is 4.16. The highest BCUT2D eigenvalue weighted by Gasteiger charge is 2.22. The molecule has 2 N–H and O–H groups in total. The van der Waals surface area contributed by atoms with Crippen molar-refractivity contribution in [3.63, 3.8) is 0 Å². The summed E-state index contributed by atoms with van der Waals surface area (Å²) >= 11 is 10.00. The van der Waals surface area contributed by atoms with Crippen LogP contribution in [0.5, 0.6) is 0 Å². The number of rotatable bonds is 6. The van der Waals surface area contributed by atoms with Gasteiger partial charge in [0.2, 0.25) is 0 Å². The van der Waals surface area contributed by atoms with E-state index in [1.165, 1.54) is 12.7 Å². The third-order valence-corrected chi connectivity index (χ3v) is 5.73. The largest absolute Gasteiger partial charge is 0.453 e. The smallest absolute Gasteiger partial charge is 0.411 e. The van der Waals surface area contributed by atoms with Crippen molar-refractivity contribution in [2.75, 3.05) is 12.4 Å². The maximum atomic E-state index is 11.4. The molecule has 2 heterocycles. The molecule has 0 aliphatic carbocycles. The van der Waals surface area contributed by atoms with E-state index < -0.39 is 6.09 Å². The lowest BCUT2D eigenvalue weighted by molar-refractivity contribution is 0.187. The molecule has 0 radical (unpaired) electrons. The molecule has 0 bridgehead atoms. The second kappa shape index (κ2) is 9.97. The van der Waals surface area contributed by atoms with Crippen molar-refractivity contribution >= 4 is 39.3 Å². The van der Waals surface area contributed by atoms with Crippen LogP contribution in [0.3, 0.4) is 0 Å². The first-order valence-electron chi connectivity index (χ1n) is 9.89. The van der Waals surface area contributed by atoms with Crippen LogP contribution < -0.4 is 5.32 Å². The number of hydrogen-bond donors (Lipinski definition) is 2. The van der Waals surface area contributed by atoms with Crippen LogP contribution in [0.2, 0.25) is 5.15 Å². The molecular weight excluding hydrogens is 492 g/mol. The minimum atomic E-state index is -0.524. The Labute approximate surface area is 199 Å². The number of pyridine rings is 1. The number of methoxy groups -OCH3 is 1. The normalized spacial score (nSPS) is 11.7. The molecule has 4 aromatic rings. The van der Waals surface area contributed by atoms with Crippen LogP contribution in [0.4, 0.5) is 10.5 Å². The number of H-pyrrole nitrogens is 1. The van der Waals surface area contributed by atoms with Gasteiger partial charge in [0.25, 0.3) is 0 Å². The molecule has 6 nitrogen and oxygen atoms in total. The molecule has 0 fully saturated rings. The molecule has 1 unspecified atom stereocenters. The van der Waals surface area contributed by atoms with E-state index in [0.29, 0.717) is 16.5 Å². The van der Waals surface area contributed by atoms with Crippen molar-refractivity contribution in [3.05, 3.63) is 99.6 Å². The summed E-state index contributed by atoms with van der Waals surface area (Å²) in [6.45, 7) is 0. The number of carbonyl (C=O) groups is 1. The Bertz CT molecular complexity index is 1200. The van der Waals surface area contributed by atoms with Crippen molar-refractivity contribution in [3.8, 4) is 11.3 Å². The molecule has 8 heteroatoms. The fourth-order valence-corrected chi connectivity index (χ4v) is 3.87. The van der Waals surface area contributed by atoms with Crippen LogP contribution in [-0.4, -0.2) is 28.2 Å². The number of hydrogen-bond acceptors (Lipinski definition) is 4. The topological polar surface area (TPSA) is 79.9 Å². The van der Waals surface area contributed by atoms with Gasteiger partial charge in [0.15, 0.2) is 0 Å². The lowest BCUT2D eigenvalue weighted by atomic mass is 9.95.